The lowest BCUT2D eigenvalue weighted by Gasteiger charge is -2.16. The Morgan fingerprint density at radius 2 is 2.22 bits per heavy atom. The highest BCUT2D eigenvalue weighted by molar-refractivity contribution is 5.95. The molecule has 0 aliphatic heterocycles. The summed E-state index contributed by atoms with van der Waals surface area (Å²) in [4.78, 5) is 11.9. The zero-order valence-corrected chi connectivity index (χ0v) is 10.6. The Hall–Kier alpha value is -1.58. The van der Waals surface area contributed by atoms with E-state index in [2.05, 4.69) is 12.2 Å². The SMILES string of the molecule is CC1CCCC1CNC(=O)c1cc(N)cc(F)c1. The molecular formula is C14H19FN2O. The molecule has 1 aliphatic carbocycles. The zero-order chi connectivity index (χ0) is 13.1. The molecule has 3 nitrogen and oxygen atoms in total. The molecule has 18 heavy (non-hydrogen) atoms. The number of carbonyl (C=O) groups is 1. The minimum absolute atomic E-state index is 0.250. The van der Waals surface area contributed by atoms with Crippen LogP contribution in [0, 0.1) is 17.7 Å². The van der Waals surface area contributed by atoms with Gasteiger partial charge in [-0.15, -0.1) is 0 Å². The number of halogens is 1. The van der Waals surface area contributed by atoms with Crippen molar-refractivity contribution in [1.82, 2.24) is 5.32 Å². The van der Waals surface area contributed by atoms with E-state index >= 15 is 0 Å². The van der Waals surface area contributed by atoms with E-state index in [0.717, 1.165) is 6.42 Å². The van der Waals surface area contributed by atoms with Crippen LogP contribution in [-0.4, -0.2) is 12.5 Å². The molecule has 0 radical (unpaired) electrons. The van der Waals surface area contributed by atoms with E-state index in [1.165, 1.54) is 31.0 Å². The van der Waals surface area contributed by atoms with Gasteiger partial charge in [-0.2, -0.15) is 0 Å². The van der Waals surface area contributed by atoms with Crippen LogP contribution in [0.5, 0.6) is 0 Å². The molecule has 0 saturated heterocycles. The first kappa shape index (κ1) is 12.9. The molecule has 0 spiro atoms. The van der Waals surface area contributed by atoms with Gasteiger partial charge in [0.2, 0.25) is 0 Å². The fourth-order valence-corrected chi connectivity index (χ4v) is 2.59. The maximum atomic E-state index is 13.1. The van der Waals surface area contributed by atoms with Crippen LogP contribution in [0.15, 0.2) is 18.2 Å². The average molecular weight is 250 g/mol. The van der Waals surface area contributed by atoms with Gasteiger partial charge >= 0.3 is 0 Å². The fourth-order valence-electron chi connectivity index (χ4n) is 2.59. The molecule has 0 heterocycles. The van der Waals surface area contributed by atoms with Crippen LogP contribution < -0.4 is 11.1 Å². The minimum Gasteiger partial charge on any atom is -0.399 e. The van der Waals surface area contributed by atoms with Crippen molar-refractivity contribution in [2.75, 3.05) is 12.3 Å². The lowest BCUT2D eigenvalue weighted by atomic mass is 9.98. The molecule has 0 bridgehead atoms. The molecule has 1 aliphatic rings. The maximum Gasteiger partial charge on any atom is 0.251 e. The number of rotatable bonds is 3. The van der Waals surface area contributed by atoms with Crippen molar-refractivity contribution in [1.29, 1.82) is 0 Å². The van der Waals surface area contributed by atoms with Crippen LogP contribution >= 0.6 is 0 Å². The highest BCUT2D eigenvalue weighted by Crippen LogP contribution is 2.30. The van der Waals surface area contributed by atoms with Gasteiger partial charge in [-0.05, 0) is 36.5 Å². The second-order valence-corrected chi connectivity index (χ2v) is 5.15. The summed E-state index contributed by atoms with van der Waals surface area (Å²) in [7, 11) is 0. The number of nitrogen functional groups attached to an aromatic ring is 1. The molecule has 1 aromatic rings. The Kier molecular flexibility index (Phi) is 3.84. The summed E-state index contributed by atoms with van der Waals surface area (Å²) >= 11 is 0. The molecule has 2 atom stereocenters. The summed E-state index contributed by atoms with van der Waals surface area (Å²) in [6, 6.07) is 3.91. The van der Waals surface area contributed by atoms with Gasteiger partial charge in [0.05, 0.1) is 0 Å². The smallest absolute Gasteiger partial charge is 0.251 e. The number of nitrogens with one attached hydrogen (secondary N) is 1. The molecule has 1 saturated carbocycles. The summed E-state index contributed by atoms with van der Waals surface area (Å²) in [5, 5.41) is 2.86. The molecule has 2 unspecified atom stereocenters. The Bertz CT molecular complexity index is 427. The summed E-state index contributed by atoms with van der Waals surface area (Å²) in [5.41, 5.74) is 6.08. The standard InChI is InChI=1S/C14H19FN2O/c1-9-3-2-4-10(9)8-17-14(18)11-5-12(15)7-13(16)6-11/h5-7,9-10H,2-4,8,16H2,1H3,(H,17,18). The summed E-state index contributed by atoms with van der Waals surface area (Å²) < 4.78 is 13.1. The van der Waals surface area contributed by atoms with Crippen molar-refractivity contribution in [2.45, 2.75) is 26.2 Å². The van der Waals surface area contributed by atoms with Crippen molar-refractivity contribution in [3.63, 3.8) is 0 Å². The maximum absolute atomic E-state index is 13.1. The van der Waals surface area contributed by atoms with E-state index in [9.17, 15) is 9.18 Å². The van der Waals surface area contributed by atoms with Crippen molar-refractivity contribution in [2.24, 2.45) is 11.8 Å². The van der Waals surface area contributed by atoms with Gasteiger partial charge in [0.25, 0.3) is 5.91 Å². The largest absolute Gasteiger partial charge is 0.399 e. The molecule has 98 valence electrons. The Balaban J connectivity index is 1.95. The van der Waals surface area contributed by atoms with E-state index in [0.29, 0.717) is 18.4 Å². The number of anilines is 1. The van der Waals surface area contributed by atoms with Crippen molar-refractivity contribution in [3.05, 3.63) is 29.6 Å². The highest BCUT2D eigenvalue weighted by Gasteiger charge is 2.23. The van der Waals surface area contributed by atoms with Gasteiger partial charge in [0.1, 0.15) is 5.82 Å². The topological polar surface area (TPSA) is 55.1 Å². The number of benzene rings is 1. The van der Waals surface area contributed by atoms with Crippen LogP contribution in [0.25, 0.3) is 0 Å². The Morgan fingerprint density at radius 3 is 2.83 bits per heavy atom. The van der Waals surface area contributed by atoms with E-state index in [1.807, 2.05) is 0 Å². The second-order valence-electron chi connectivity index (χ2n) is 5.15. The number of hydrogen-bond donors (Lipinski definition) is 2. The second kappa shape index (κ2) is 5.38. The number of amides is 1. The van der Waals surface area contributed by atoms with E-state index < -0.39 is 5.82 Å². The van der Waals surface area contributed by atoms with E-state index in [4.69, 9.17) is 5.73 Å². The van der Waals surface area contributed by atoms with Gasteiger partial charge < -0.3 is 11.1 Å². The first-order chi connectivity index (χ1) is 8.56. The van der Waals surface area contributed by atoms with Gasteiger partial charge in [-0.3, -0.25) is 4.79 Å². The predicted molar refractivity (Wildman–Crippen MR) is 69.7 cm³/mol. The van der Waals surface area contributed by atoms with Crippen molar-refractivity contribution >= 4 is 11.6 Å². The molecule has 4 heteroatoms. The molecule has 1 fully saturated rings. The summed E-state index contributed by atoms with van der Waals surface area (Å²) in [5.74, 6) is 0.470. The van der Waals surface area contributed by atoms with E-state index in [1.54, 1.807) is 0 Å². The number of carbonyl (C=O) groups excluding carboxylic acids is 1. The first-order valence-electron chi connectivity index (χ1n) is 6.40. The molecule has 1 aromatic carbocycles. The van der Waals surface area contributed by atoms with Gasteiger partial charge in [0, 0.05) is 17.8 Å². The fraction of sp³-hybridized carbons (Fsp3) is 0.500. The van der Waals surface area contributed by atoms with Crippen LogP contribution in [0.2, 0.25) is 0 Å². The van der Waals surface area contributed by atoms with Gasteiger partial charge in [0.15, 0.2) is 0 Å². The third-order valence-electron chi connectivity index (χ3n) is 3.75. The van der Waals surface area contributed by atoms with Crippen molar-refractivity contribution in [3.8, 4) is 0 Å². The van der Waals surface area contributed by atoms with Gasteiger partial charge in [-0.1, -0.05) is 19.8 Å². The molecule has 1 amide bonds. The van der Waals surface area contributed by atoms with Crippen LogP contribution in [0.4, 0.5) is 10.1 Å². The number of hydrogen-bond acceptors (Lipinski definition) is 2. The lowest BCUT2D eigenvalue weighted by molar-refractivity contribution is 0.0944. The zero-order valence-electron chi connectivity index (χ0n) is 10.6. The Morgan fingerprint density at radius 1 is 1.44 bits per heavy atom. The Labute approximate surface area is 107 Å². The summed E-state index contributed by atoms with van der Waals surface area (Å²) in [6.45, 7) is 2.88. The van der Waals surface area contributed by atoms with Gasteiger partial charge in [-0.25, -0.2) is 4.39 Å². The van der Waals surface area contributed by atoms with Crippen LogP contribution in [0.3, 0.4) is 0 Å². The lowest BCUT2D eigenvalue weighted by Crippen LogP contribution is -2.30. The molecule has 2 rings (SSSR count). The molecule has 0 aromatic heterocycles. The average Bonchev–Trinajstić information content (AvgIpc) is 2.70. The first-order valence-corrected chi connectivity index (χ1v) is 6.40. The van der Waals surface area contributed by atoms with E-state index in [-0.39, 0.29) is 17.2 Å². The van der Waals surface area contributed by atoms with Crippen LogP contribution in [0.1, 0.15) is 36.5 Å². The quantitative estimate of drug-likeness (QED) is 0.810. The summed E-state index contributed by atoms with van der Waals surface area (Å²) in [6.07, 6.45) is 3.62. The monoisotopic (exact) mass is 250 g/mol. The number of nitrogens with two attached hydrogens (primary N) is 1. The normalized spacial score (nSPS) is 23.0. The third kappa shape index (κ3) is 3.00. The molecular weight excluding hydrogens is 231 g/mol. The minimum atomic E-state index is -0.477. The molecule has 3 N–H and O–H groups in total. The predicted octanol–water partition coefficient (Wildman–Crippen LogP) is 2.57. The van der Waals surface area contributed by atoms with Crippen LogP contribution in [-0.2, 0) is 0 Å². The highest BCUT2D eigenvalue weighted by atomic mass is 19.1. The van der Waals surface area contributed by atoms with Crippen molar-refractivity contribution < 1.29 is 9.18 Å². The third-order valence-corrected chi connectivity index (χ3v) is 3.75.